The fourth-order valence-electron chi connectivity index (χ4n) is 2.92. The van der Waals surface area contributed by atoms with Crippen LogP contribution in [0.4, 0.5) is 9.18 Å². The Balaban J connectivity index is 2.15. The SMILES string of the molecule is C=CCOc1c(C(=O)C2CCN(C(=O)OC(C)(C)C)CC2)cc(Cl)c(Cl)c1F. The lowest BCUT2D eigenvalue weighted by atomic mass is 9.88. The first-order valence-electron chi connectivity index (χ1n) is 8.98. The van der Waals surface area contributed by atoms with Gasteiger partial charge >= 0.3 is 6.09 Å². The van der Waals surface area contributed by atoms with Crippen molar-refractivity contribution in [2.75, 3.05) is 19.7 Å². The number of amides is 1. The largest absolute Gasteiger partial charge is 0.486 e. The second kappa shape index (κ2) is 9.14. The topological polar surface area (TPSA) is 55.8 Å². The number of rotatable bonds is 5. The number of nitrogens with zero attached hydrogens (tertiary/aromatic N) is 1. The average Bonchev–Trinajstić information content (AvgIpc) is 2.63. The van der Waals surface area contributed by atoms with E-state index in [1.54, 1.807) is 25.7 Å². The third-order valence-corrected chi connectivity index (χ3v) is 5.01. The van der Waals surface area contributed by atoms with Gasteiger partial charge in [-0.25, -0.2) is 9.18 Å². The van der Waals surface area contributed by atoms with Crippen molar-refractivity contribution in [3.05, 3.63) is 40.1 Å². The number of halogens is 3. The van der Waals surface area contributed by atoms with Crippen LogP contribution in [0.5, 0.6) is 5.75 Å². The molecule has 5 nitrogen and oxygen atoms in total. The summed E-state index contributed by atoms with van der Waals surface area (Å²) in [5.74, 6) is -1.78. The Morgan fingerprint density at radius 3 is 2.46 bits per heavy atom. The maximum Gasteiger partial charge on any atom is 0.410 e. The van der Waals surface area contributed by atoms with Crippen LogP contribution in [0, 0.1) is 11.7 Å². The van der Waals surface area contributed by atoms with Gasteiger partial charge in [-0.2, -0.15) is 0 Å². The molecule has 0 bridgehead atoms. The van der Waals surface area contributed by atoms with Gasteiger partial charge in [0.2, 0.25) is 0 Å². The number of ketones is 1. The fraction of sp³-hybridized carbons (Fsp3) is 0.500. The summed E-state index contributed by atoms with van der Waals surface area (Å²) in [4.78, 5) is 26.7. The number of benzene rings is 1. The second-order valence-electron chi connectivity index (χ2n) is 7.57. The number of hydrogen-bond donors (Lipinski definition) is 0. The van der Waals surface area contributed by atoms with Crippen LogP contribution in [0.2, 0.25) is 10.0 Å². The summed E-state index contributed by atoms with van der Waals surface area (Å²) in [5, 5.41) is -0.350. The van der Waals surface area contributed by atoms with Crippen LogP contribution in [-0.4, -0.2) is 42.1 Å². The molecular weight excluding hydrogens is 408 g/mol. The van der Waals surface area contributed by atoms with Crippen molar-refractivity contribution in [2.45, 2.75) is 39.2 Å². The van der Waals surface area contributed by atoms with E-state index in [4.69, 9.17) is 32.7 Å². The highest BCUT2D eigenvalue weighted by Gasteiger charge is 2.33. The molecule has 1 fully saturated rings. The lowest BCUT2D eigenvalue weighted by Crippen LogP contribution is -2.43. The standard InChI is InChI=1S/C20H24Cl2FNO4/c1-5-10-27-18-13(11-14(21)15(22)16(18)23)17(25)12-6-8-24(9-7-12)19(26)28-20(2,3)4/h5,11-12H,1,6-10H2,2-4H3. The van der Waals surface area contributed by atoms with Gasteiger partial charge in [0.1, 0.15) is 12.2 Å². The molecule has 1 aliphatic rings. The molecule has 0 N–H and O–H groups in total. The maximum atomic E-state index is 14.5. The minimum atomic E-state index is -0.870. The molecule has 1 amide bonds. The van der Waals surface area contributed by atoms with E-state index in [2.05, 4.69) is 6.58 Å². The van der Waals surface area contributed by atoms with Gasteiger partial charge in [-0.1, -0.05) is 35.9 Å². The van der Waals surface area contributed by atoms with E-state index < -0.39 is 17.5 Å². The monoisotopic (exact) mass is 431 g/mol. The molecule has 0 unspecified atom stereocenters. The summed E-state index contributed by atoms with van der Waals surface area (Å²) in [6.07, 6.45) is 1.89. The van der Waals surface area contributed by atoms with E-state index in [1.807, 2.05) is 0 Å². The second-order valence-corrected chi connectivity index (χ2v) is 8.35. The molecule has 8 heteroatoms. The molecule has 1 saturated heterocycles. The van der Waals surface area contributed by atoms with Gasteiger partial charge in [0, 0.05) is 19.0 Å². The highest BCUT2D eigenvalue weighted by atomic mass is 35.5. The zero-order valence-corrected chi connectivity index (χ0v) is 17.7. The Hall–Kier alpha value is -1.79. The Bertz CT molecular complexity index is 768. The van der Waals surface area contributed by atoms with Gasteiger partial charge in [-0.15, -0.1) is 0 Å². The third kappa shape index (κ3) is 5.39. The number of carbonyl (C=O) groups excluding carboxylic acids is 2. The van der Waals surface area contributed by atoms with Gasteiger partial charge in [0.15, 0.2) is 17.3 Å². The van der Waals surface area contributed by atoms with Gasteiger partial charge in [-0.05, 0) is 39.7 Å². The highest BCUT2D eigenvalue weighted by molar-refractivity contribution is 6.42. The van der Waals surface area contributed by atoms with E-state index >= 15 is 0 Å². The van der Waals surface area contributed by atoms with Crippen LogP contribution < -0.4 is 4.74 Å². The van der Waals surface area contributed by atoms with E-state index in [1.165, 1.54) is 12.1 Å². The summed E-state index contributed by atoms with van der Waals surface area (Å²) in [7, 11) is 0. The van der Waals surface area contributed by atoms with Crippen molar-refractivity contribution in [3.8, 4) is 5.75 Å². The van der Waals surface area contributed by atoms with Gasteiger partial charge in [0.25, 0.3) is 0 Å². The molecule has 0 aliphatic carbocycles. The number of carbonyl (C=O) groups is 2. The molecule has 0 spiro atoms. The van der Waals surface area contributed by atoms with Crippen LogP contribution >= 0.6 is 23.2 Å². The first-order valence-corrected chi connectivity index (χ1v) is 9.74. The van der Waals surface area contributed by atoms with Crippen LogP contribution in [0.25, 0.3) is 0 Å². The normalized spacial score (nSPS) is 15.3. The molecule has 1 aliphatic heterocycles. The molecular formula is C20H24Cl2FNO4. The molecule has 28 heavy (non-hydrogen) atoms. The Morgan fingerprint density at radius 2 is 1.93 bits per heavy atom. The number of ether oxygens (including phenoxy) is 2. The summed E-state index contributed by atoms with van der Waals surface area (Å²) >= 11 is 11.8. The van der Waals surface area contributed by atoms with Crippen LogP contribution in [-0.2, 0) is 4.74 Å². The molecule has 0 radical (unpaired) electrons. The van der Waals surface area contributed by atoms with E-state index in [0.717, 1.165) is 0 Å². The highest BCUT2D eigenvalue weighted by Crippen LogP contribution is 2.37. The predicted octanol–water partition coefficient (Wildman–Crippen LogP) is 5.53. The lowest BCUT2D eigenvalue weighted by molar-refractivity contribution is 0.0182. The first-order chi connectivity index (χ1) is 13.0. The minimum Gasteiger partial charge on any atom is -0.486 e. The summed E-state index contributed by atoms with van der Waals surface area (Å²) in [6.45, 7) is 9.67. The molecule has 1 aromatic rings. The van der Waals surface area contributed by atoms with Crippen molar-refractivity contribution in [1.29, 1.82) is 0 Å². The molecule has 0 saturated carbocycles. The lowest BCUT2D eigenvalue weighted by Gasteiger charge is -2.33. The summed E-state index contributed by atoms with van der Waals surface area (Å²) in [5.41, 5.74) is -0.539. The zero-order chi connectivity index (χ0) is 21.1. The van der Waals surface area contributed by atoms with Crippen LogP contribution in [0.3, 0.4) is 0 Å². The summed E-state index contributed by atoms with van der Waals surface area (Å²) in [6, 6.07) is 1.33. The molecule has 2 rings (SSSR count). The van der Waals surface area contributed by atoms with E-state index in [0.29, 0.717) is 25.9 Å². The number of likely N-dealkylation sites (tertiary alicyclic amines) is 1. The molecule has 1 heterocycles. The van der Waals surface area contributed by atoms with Crippen molar-refractivity contribution in [2.24, 2.45) is 5.92 Å². The van der Waals surface area contributed by atoms with Crippen molar-refractivity contribution < 1.29 is 23.5 Å². The number of piperidine rings is 1. The van der Waals surface area contributed by atoms with Crippen molar-refractivity contribution in [3.63, 3.8) is 0 Å². The van der Waals surface area contributed by atoms with Crippen molar-refractivity contribution >= 4 is 35.1 Å². The molecule has 154 valence electrons. The van der Waals surface area contributed by atoms with Gasteiger partial charge in [-0.3, -0.25) is 4.79 Å². The summed E-state index contributed by atoms with van der Waals surface area (Å²) < 4.78 is 25.2. The Kier molecular flexibility index (Phi) is 7.34. The van der Waals surface area contributed by atoms with Crippen LogP contribution in [0.1, 0.15) is 44.0 Å². The third-order valence-electron chi connectivity index (χ3n) is 4.25. The first kappa shape index (κ1) is 22.5. The predicted molar refractivity (Wildman–Crippen MR) is 107 cm³/mol. The van der Waals surface area contributed by atoms with Gasteiger partial charge < -0.3 is 14.4 Å². The minimum absolute atomic E-state index is 0.0201. The Labute approximate surface area is 174 Å². The fourth-order valence-corrected chi connectivity index (χ4v) is 3.25. The molecule has 0 atom stereocenters. The molecule has 0 aromatic heterocycles. The van der Waals surface area contributed by atoms with Gasteiger partial charge in [0.05, 0.1) is 15.6 Å². The average molecular weight is 432 g/mol. The zero-order valence-electron chi connectivity index (χ0n) is 16.2. The quantitative estimate of drug-likeness (QED) is 0.349. The Morgan fingerprint density at radius 1 is 1.32 bits per heavy atom. The smallest absolute Gasteiger partial charge is 0.410 e. The van der Waals surface area contributed by atoms with E-state index in [9.17, 15) is 14.0 Å². The number of hydrogen-bond acceptors (Lipinski definition) is 4. The van der Waals surface area contributed by atoms with E-state index in [-0.39, 0.29) is 39.7 Å². The number of Topliss-reactive ketones (excluding diaryl/α,β-unsaturated/α-hetero) is 1. The van der Waals surface area contributed by atoms with Crippen LogP contribution in [0.15, 0.2) is 18.7 Å². The van der Waals surface area contributed by atoms with Crippen molar-refractivity contribution in [1.82, 2.24) is 4.90 Å². The maximum absolute atomic E-state index is 14.5. The molecule has 1 aromatic carbocycles.